The van der Waals surface area contributed by atoms with Crippen LogP contribution in [0.25, 0.3) is 17.3 Å². The highest BCUT2D eigenvalue weighted by molar-refractivity contribution is 7.98. The fraction of sp³-hybridized carbons (Fsp3) is 0.292. The van der Waals surface area contributed by atoms with Crippen LogP contribution in [0, 0.1) is 6.92 Å². The van der Waals surface area contributed by atoms with Crippen molar-refractivity contribution in [2.75, 3.05) is 6.54 Å². The maximum atomic E-state index is 12.7. The summed E-state index contributed by atoms with van der Waals surface area (Å²) in [4.78, 5) is 29.3. The zero-order valence-corrected chi connectivity index (χ0v) is 21.8. The van der Waals surface area contributed by atoms with E-state index in [1.165, 1.54) is 23.1 Å². The maximum Gasteiger partial charge on any atom is 0.271 e. The molecule has 1 fully saturated rings. The molecule has 0 saturated carbocycles. The summed E-state index contributed by atoms with van der Waals surface area (Å²) in [5, 5.41) is 18.1. The van der Waals surface area contributed by atoms with Crippen molar-refractivity contribution in [2.24, 2.45) is 0 Å². The van der Waals surface area contributed by atoms with E-state index in [1.54, 1.807) is 17.7 Å². The molecule has 2 amide bonds. The Hall–Kier alpha value is -3.15. The lowest BCUT2D eigenvalue weighted by molar-refractivity contribution is -0.122. The van der Waals surface area contributed by atoms with Gasteiger partial charge in [-0.1, -0.05) is 29.4 Å². The summed E-state index contributed by atoms with van der Waals surface area (Å²) >= 11 is 9.13. The van der Waals surface area contributed by atoms with Crippen molar-refractivity contribution < 1.29 is 14.0 Å². The molecule has 3 aromatic heterocycles. The number of carbonyl (C=O) groups is 2. The lowest BCUT2D eigenvalue weighted by atomic mass is 10.1. The molecule has 186 valence electrons. The number of rotatable bonds is 7. The van der Waals surface area contributed by atoms with Crippen LogP contribution >= 0.6 is 34.7 Å². The molecule has 12 heteroatoms. The number of halogens is 1. The second-order valence-electron chi connectivity index (χ2n) is 8.28. The third-order valence-corrected chi connectivity index (χ3v) is 7.94. The molecule has 36 heavy (non-hydrogen) atoms. The van der Waals surface area contributed by atoms with E-state index >= 15 is 0 Å². The number of hydrogen-bond acceptors (Lipinski definition) is 8. The standard InChI is InChI=1S/C24H23ClN6O3S2/c1-14-7-8-15(25)11-18(14)31-21(19-6-4-10-34-19)29-30-24(31)36-13-20-27-17(12-35-20)23(33)28-16-5-2-3-9-26-22(16)32/h4,6-8,10-12,16H,2-3,5,9,13H2,1H3,(H,26,32)(H,28,33)/t16-/m0/s1. The molecule has 0 spiro atoms. The van der Waals surface area contributed by atoms with Crippen molar-refractivity contribution in [2.45, 2.75) is 43.1 Å². The van der Waals surface area contributed by atoms with Gasteiger partial charge in [-0.05, 0) is 56.0 Å². The third kappa shape index (κ3) is 5.32. The van der Waals surface area contributed by atoms with Crippen molar-refractivity contribution in [1.82, 2.24) is 30.4 Å². The molecule has 1 saturated heterocycles. The minimum atomic E-state index is -0.529. The van der Waals surface area contributed by atoms with Crippen LogP contribution in [-0.2, 0) is 10.5 Å². The zero-order chi connectivity index (χ0) is 25.1. The van der Waals surface area contributed by atoms with Crippen molar-refractivity contribution in [3.63, 3.8) is 0 Å². The normalized spacial score (nSPS) is 15.9. The van der Waals surface area contributed by atoms with Gasteiger partial charge in [-0.15, -0.1) is 21.5 Å². The number of aromatic nitrogens is 4. The lowest BCUT2D eigenvalue weighted by Gasteiger charge is -2.14. The molecule has 0 aliphatic carbocycles. The Morgan fingerprint density at radius 2 is 2.22 bits per heavy atom. The summed E-state index contributed by atoms with van der Waals surface area (Å²) in [6, 6.07) is 8.75. The molecule has 1 aromatic carbocycles. The first-order valence-electron chi connectivity index (χ1n) is 11.4. The molecular formula is C24H23ClN6O3S2. The summed E-state index contributed by atoms with van der Waals surface area (Å²) in [7, 11) is 0. The first-order chi connectivity index (χ1) is 17.5. The second kappa shape index (κ2) is 10.9. The quantitative estimate of drug-likeness (QED) is 0.327. The van der Waals surface area contributed by atoms with Crippen LogP contribution in [0.15, 0.2) is 51.5 Å². The van der Waals surface area contributed by atoms with Crippen LogP contribution in [0.2, 0.25) is 5.02 Å². The van der Waals surface area contributed by atoms with Gasteiger partial charge in [-0.2, -0.15) is 0 Å². The minimum Gasteiger partial charge on any atom is -0.461 e. The minimum absolute atomic E-state index is 0.144. The van der Waals surface area contributed by atoms with E-state index in [1.807, 2.05) is 35.8 Å². The highest BCUT2D eigenvalue weighted by Gasteiger charge is 2.24. The Labute approximate surface area is 220 Å². The Bertz CT molecular complexity index is 1380. The number of nitrogens with one attached hydrogen (secondary N) is 2. The van der Waals surface area contributed by atoms with Gasteiger partial charge in [0.25, 0.3) is 5.91 Å². The zero-order valence-electron chi connectivity index (χ0n) is 19.4. The molecule has 0 radical (unpaired) electrons. The topological polar surface area (TPSA) is 115 Å². The van der Waals surface area contributed by atoms with Crippen LogP contribution in [0.4, 0.5) is 0 Å². The molecular weight excluding hydrogens is 520 g/mol. The van der Waals surface area contributed by atoms with E-state index in [0.717, 1.165) is 29.1 Å². The van der Waals surface area contributed by atoms with Crippen LogP contribution in [0.5, 0.6) is 0 Å². The molecule has 9 nitrogen and oxygen atoms in total. The molecule has 1 atom stereocenters. The van der Waals surface area contributed by atoms with Crippen molar-refractivity contribution >= 4 is 46.5 Å². The molecule has 5 rings (SSSR count). The molecule has 4 heterocycles. The molecule has 2 N–H and O–H groups in total. The van der Waals surface area contributed by atoms with Crippen LogP contribution < -0.4 is 10.6 Å². The first kappa shape index (κ1) is 24.5. The summed E-state index contributed by atoms with van der Waals surface area (Å²) in [6.45, 7) is 2.64. The van der Waals surface area contributed by atoms with Gasteiger partial charge in [0, 0.05) is 16.9 Å². The van der Waals surface area contributed by atoms with Crippen LogP contribution in [0.1, 0.15) is 40.3 Å². The fourth-order valence-electron chi connectivity index (χ4n) is 3.89. The first-order valence-corrected chi connectivity index (χ1v) is 13.7. The van der Waals surface area contributed by atoms with Gasteiger partial charge in [0.05, 0.1) is 17.7 Å². The molecule has 0 unspecified atom stereocenters. The number of thioether (sulfide) groups is 1. The van der Waals surface area contributed by atoms with Gasteiger partial charge in [-0.3, -0.25) is 14.2 Å². The van der Waals surface area contributed by atoms with Gasteiger partial charge < -0.3 is 15.1 Å². The summed E-state index contributed by atoms with van der Waals surface area (Å²) in [5.74, 6) is 1.15. The second-order valence-corrected chi connectivity index (χ2v) is 10.6. The van der Waals surface area contributed by atoms with Gasteiger partial charge in [0.15, 0.2) is 10.9 Å². The number of furan rings is 1. The van der Waals surface area contributed by atoms with E-state index in [9.17, 15) is 9.59 Å². The Kier molecular flexibility index (Phi) is 7.40. The summed E-state index contributed by atoms with van der Waals surface area (Å²) < 4.78 is 7.50. The molecule has 1 aliphatic heterocycles. The predicted octanol–water partition coefficient (Wildman–Crippen LogP) is 4.64. The van der Waals surface area contributed by atoms with Gasteiger partial charge in [-0.25, -0.2) is 4.98 Å². The summed E-state index contributed by atoms with van der Waals surface area (Å²) in [5.41, 5.74) is 2.16. The number of benzene rings is 1. The summed E-state index contributed by atoms with van der Waals surface area (Å²) in [6.07, 6.45) is 4.01. The monoisotopic (exact) mass is 542 g/mol. The third-order valence-electron chi connectivity index (χ3n) is 5.74. The average Bonchev–Trinajstić information content (AvgIpc) is 3.61. The molecule has 4 aromatic rings. The highest BCUT2D eigenvalue weighted by atomic mass is 35.5. The number of amides is 2. The van der Waals surface area contributed by atoms with Gasteiger partial charge in [0.1, 0.15) is 16.7 Å². The van der Waals surface area contributed by atoms with Crippen molar-refractivity contribution in [1.29, 1.82) is 0 Å². The van der Waals surface area contributed by atoms with Crippen molar-refractivity contribution in [3.8, 4) is 17.3 Å². The number of carbonyl (C=O) groups excluding carboxylic acids is 2. The van der Waals surface area contributed by atoms with E-state index in [0.29, 0.717) is 46.2 Å². The SMILES string of the molecule is Cc1ccc(Cl)cc1-n1c(SCc2nc(C(=O)N[C@H]3CCCCNC3=O)cs2)nnc1-c1ccco1. The fourth-order valence-corrected chi connectivity index (χ4v) is 5.79. The van der Waals surface area contributed by atoms with E-state index in [4.69, 9.17) is 16.0 Å². The van der Waals surface area contributed by atoms with Crippen molar-refractivity contribution in [3.05, 3.63) is 63.3 Å². The number of aryl methyl sites for hydroxylation is 1. The Morgan fingerprint density at radius 1 is 1.33 bits per heavy atom. The lowest BCUT2D eigenvalue weighted by Crippen LogP contribution is -2.45. The smallest absolute Gasteiger partial charge is 0.271 e. The number of thiazole rings is 1. The van der Waals surface area contributed by atoms with Crippen LogP contribution in [-0.4, -0.2) is 44.1 Å². The predicted molar refractivity (Wildman–Crippen MR) is 139 cm³/mol. The van der Waals surface area contributed by atoms with Gasteiger partial charge in [0.2, 0.25) is 11.7 Å². The molecule has 1 aliphatic rings. The number of hydrogen-bond donors (Lipinski definition) is 2. The van der Waals surface area contributed by atoms with E-state index in [2.05, 4.69) is 25.8 Å². The largest absolute Gasteiger partial charge is 0.461 e. The van der Waals surface area contributed by atoms with Gasteiger partial charge >= 0.3 is 0 Å². The Morgan fingerprint density at radius 3 is 3.06 bits per heavy atom. The van der Waals surface area contributed by atoms with E-state index < -0.39 is 6.04 Å². The highest BCUT2D eigenvalue weighted by Crippen LogP contribution is 2.32. The molecule has 0 bridgehead atoms. The van der Waals surface area contributed by atoms with E-state index in [-0.39, 0.29) is 11.8 Å². The Balaban J connectivity index is 1.34. The van der Waals surface area contributed by atoms with Crippen LogP contribution in [0.3, 0.4) is 0 Å². The average molecular weight is 543 g/mol. The number of nitrogens with zero attached hydrogens (tertiary/aromatic N) is 4. The maximum absolute atomic E-state index is 12.7.